The van der Waals surface area contributed by atoms with Crippen molar-refractivity contribution in [3.63, 3.8) is 0 Å². The first-order valence-corrected chi connectivity index (χ1v) is 13.3. The number of ether oxygens (including phenoxy) is 1. The number of aromatic nitrogens is 3. The second-order valence-electron chi connectivity index (χ2n) is 9.75. The topological polar surface area (TPSA) is 120 Å². The van der Waals surface area contributed by atoms with E-state index in [0.29, 0.717) is 50.8 Å². The van der Waals surface area contributed by atoms with Gasteiger partial charge >= 0.3 is 6.18 Å². The van der Waals surface area contributed by atoms with Crippen molar-refractivity contribution in [2.45, 2.75) is 25.6 Å². The highest BCUT2D eigenvalue weighted by Crippen LogP contribution is 2.36. The van der Waals surface area contributed by atoms with Crippen molar-refractivity contribution in [3.8, 4) is 0 Å². The summed E-state index contributed by atoms with van der Waals surface area (Å²) >= 11 is 0. The Kier molecular flexibility index (Phi) is 8.66. The van der Waals surface area contributed by atoms with Crippen LogP contribution in [0.2, 0.25) is 0 Å². The van der Waals surface area contributed by atoms with Crippen LogP contribution >= 0.6 is 0 Å². The highest BCUT2D eigenvalue weighted by Gasteiger charge is 2.32. The minimum Gasteiger partial charge on any atom is -0.378 e. The number of halogens is 4. The third-order valence-corrected chi connectivity index (χ3v) is 6.80. The standard InChI is InChI=1S/C27H29F4N9O2/c1-17-4-5-32-6-7-40(17)21-13-18(27(29,30)31)12-20(14-21)35-19-2-3-23(33-15-19)25(41)37-38-26-34-16-22(28)24(36-26)39-8-10-42-11-9-39/h2-3,6,12-17,35H,4-5,7-11H2,1H3,(H,37,41)(H,34,36,38). The van der Waals surface area contributed by atoms with E-state index in [1.54, 1.807) is 17.2 Å². The molecular formula is C27H29F4N9O2. The number of nitrogens with zero attached hydrogens (tertiary/aromatic N) is 6. The second-order valence-corrected chi connectivity index (χ2v) is 9.75. The van der Waals surface area contributed by atoms with E-state index in [4.69, 9.17) is 4.74 Å². The molecule has 15 heteroatoms. The highest BCUT2D eigenvalue weighted by molar-refractivity contribution is 5.93. The molecule has 1 aromatic carbocycles. The number of carbonyl (C=O) groups excluding carboxylic acids is 1. The van der Waals surface area contributed by atoms with Gasteiger partial charge in [-0.25, -0.2) is 14.4 Å². The maximum Gasteiger partial charge on any atom is 0.416 e. The third-order valence-electron chi connectivity index (χ3n) is 6.80. The largest absolute Gasteiger partial charge is 0.416 e. The van der Waals surface area contributed by atoms with Gasteiger partial charge in [0.15, 0.2) is 11.6 Å². The SMILES string of the molecule is CC1CCN=CCN1c1cc(Nc2ccc(C(=O)NNc3ncc(F)c(N4CCOCC4)n3)nc2)cc(C(F)(F)F)c1. The van der Waals surface area contributed by atoms with Crippen LogP contribution in [-0.2, 0) is 10.9 Å². The number of hydrogen-bond acceptors (Lipinski definition) is 10. The molecule has 4 heterocycles. The van der Waals surface area contributed by atoms with Gasteiger partial charge in [-0.1, -0.05) is 0 Å². The van der Waals surface area contributed by atoms with Crippen LogP contribution in [0, 0.1) is 5.82 Å². The van der Waals surface area contributed by atoms with Crippen molar-refractivity contribution < 1.29 is 27.1 Å². The maximum atomic E-state index is 14.2. The van der Waals surface area contributed by atoms with Gasteiger partial charge in [-0.15, -0.1) is 0 Å². The Morgan fingerprint density at radius 1 is 1.07 bits per heavy atom. The lowest BCUT2D eigenvalue weighted by atomic mass is 10.1. The maximum absolute atomic E-state index is 14.2. The van der Waals surface area contributed by atoms with Gasteiger partial charge in [0, 0.05) is 43.3 Å². The normalized spacial score (nSPS) is 17.5. The van der Waals surface area contributed by atoms with E-state index >= 15 is 0 Å². The first-order chi connectivity index (χ1) is 20.2. The molecule has 222 valence electrons. The summed E-state index contributed by atoms with van der Waals surface area (Å²) in [6, 6.07) is 6.74. The third kappa shape index (κ3) is 7.02. The van der Waals surface area contributed by atoms with Gasteiger partial charge in [-0.05, 0) is 43.7 Å². The van der Waals surface area contributed by atoms with Crippen molar-refractivity contribution in [1.82, 2.24) is 20.4 Å². The summed E-state index contributed by atoms with van der Waals surface area (Å²) in [6.07, 6.45) is 0.233. The Bertz CT molecular complexity index is 1430. The molecule has 0 radical (unpaired) electrons. The first kappa shape index (κ1) is 29.0. The number of morpholine rings is 1. The molecule has 11 nitrogen and oxygen atoms in total. The highest BCUT2D eigenvalue weighted by atomic mass is 19.4. The molecule has 42 heavy (non-hydrogen) atoms. The lowest BCUT2D eigenvalue weighted by molar-refractivity contribution is -0.137. The minimum absolute atomic E-state index is 0.00294. The molecule has 2 aliphatic heterocycles. The van der Waals surface area contributed by atoms with Crippen molar-refractivity contribution in [1.29, 1.82) is 0 Å². The van der Waals surface area contributed by atoms with E-state index in [2.05, 4.69) is 36.1 Å². The minimum atomic E-state index is -4.54. The Labute approximate surface area is 239 Å². The summed E-state index contributed by atoms with van der Waals surface area (Å²) in [4.78, 5) is 32.6. The van der Waals surface area contributed by atoms with Gasteiger partial charge in [0.2, 0.25) is 5.95 Å². The summed E-state index contributed by atoms with van der Waals surface area (Å²) in [5, 5.41) is 2.95. The molecule has 2 aromatic heterocycles. The van der Waals surface area contributed by atoms with Crippen LogP contribution in [0.15, 0.2) is 47.7 Å². The van der Waals surface area contributed by atoms with Crippen molar-refractivity contribution >= 4 is 41.0 Å². The van der Waals surface area contributed by atoms with Crippen molar-refractivity contribution in [3.05, 3.63) is 59.8 Å². The quantitative estimate of drug-likeness (QED) is 0.278. The van der Waals surface area contributed by atoms with Crippen LogP contribution in [0.3, 0.4) is 0 Å². The first-order valence-electron chi connectivity index (χ1n) is 13.3. The molecule has 1 fully saturated rings. The molecule has 0 bridgehead atoms. The second kappa shape index (κ2) is 12.5. The van der Waals surface area contributed by atoms with Gasteiger partial charge in [-0.3, -0.25) is 20.6 Å². The number of hydrazine groups is 1. The molecule has 1 saturated heterocycles. The van der Waals surface area contributed by atoms with Crippen LogP contribution < -0.4 is 26.0 Å². The predicted molar refractivity (Wildman–Crippen MR) is 150 cm³/mol. The Morgan fingerprint density at radius 2 is 1.88 bits per heavy atom. The van der Waals surface area contributed by atoms with Crippen molar-refractivity contribution in [2.24, 2.45) is 4.99 Å². The van der Waals surface area contributed by atoms with Crippen LogP contribution in [-0.4, -0.2) is 72.5 Å². The lowest BCUT2D eigenvalue weighted by Gasteiger charge is -2.29. The van der Waals surface area contributed by atoms with E-state index in [-0.39, 0.29) is 29.2 Å². The zero-order valence-electron chi connectivity index (χ0n) is 22.7. The Hall–Kier alpha value is -4.53. The number of rotatable bonds is 7. The summed E-state index contributed by atoms with van der Waals surface area (Å²) in [5.74, 6) is -1.15. The zero-order valence-corrected chi connectivity index (χ0v) is 22.7. The fourth-order valence-electron chi connectivity index (χ4n) is 4.57. The molecular weight excluding hydrogens is 558 g/mol. The molecule has 1 atom stereocenters. The van der Waals surface area contributed by atoms with Crippen LogP contribution in [0.4, 0.5) is 46.4 Å². The number of benzene rings is 1. The number of nitrogens with one attached hydrogen (secondary N) is 3. The summed E-state index contributed by atoms with van der Waals surface area (Å²) < 4.78 is 60.7. The fraction of sp³-hybridized carbons (Fsp3) is 0.370. The number of aliphatic imine (C=N–C) groups is 1. The molecule has 3 N–H and O–H groups in total. The van der Waals surface area contributed by atoms with E-state index in [0.717, 1.165) is 24.8 Å². The van der Waals surface area contributed by atoms with Crippen LogP contribution in [0.5, 0.6) is 0 Å². The molecule has 0 aliphatic carbocycles. The average Bonchev–Trinajstić information content (AvgIpc) is 3.21. The lowest BCUT2D eigenvalue weighted by Crippen LogP contribution is -2.38. The van der Waals surface area contributed by atoms with Gasteiger partial charge in [0.25, 0.3) is 5.91 Å². The van der Waals surface area contributed by atoms with Gasteiger partial charge in [0.05, 0.1) is 43.4 Å². The molecule has 0 spiro atoms. The van der Waals surface area contributed by atoms with E-state index in [9.17, 15) is 22.4 Å². The smallest absolute Gasteiger partial charge is 0.378 e. The number of amides is 1. The summed E-state index contributed by atoms with van der Waals surface area (Å²) in [7, 11) is 0. The average molecular weight is 588 g/mol. The number of alkyl halides is 3. The molecule has 5 rings (SSSR count). The zero-order chi connectivity index (χ0) is 29.7. The number of carbonyl (C=O) groups is 1. The molecule has 2 aliphatic rings. The van der Waals surface area contributed by atoms with Gasteiger partial charge in [-0.2, -0.15) is 18.2 Å². The fourth-order valence-corrected chi connectivity index (χ4v) is 4.57. The van der Waals surface area contributed by atoms with E-state index in [1.807, 2.05) is 11.8 Å². The van der Waals surface area contributed by atoms with E-state index < -0.39 is 23.5 Å². The molecule has 3 aromatic rings. The van der Waals surface area contributed by atoms with Gasteiger partial charge < -0.3 is 19.9 Å². The monoisotopic (exact) mass is 587 g/mol. The van der Waals surface area contributed by atoms with Crippen LogP contribution in [0.25, 0.3) is 0 Å². The number of pyridine rings is 1. The summed E-state index contributed by atoms with van der Waals surface area (Å²) in [5.41, 5.74) is 5.21. The number of anilines is 5. The van der Waals surface area contributed by atoms with E-state index in [1.165, 1.54) is 18.3 Å². The van der Waals surface area contributed by atoms with Gasteiger partial charge in [0.1, 0.15) is 5.69 Å². The molecule has 1 amide bonds. The van der Waals surface area contributed by atoms with Crippen molar-refractivity contribution in [2.75, 3.05) is 59.9 Å². The molecule has 1 unspecified atom stereocenters. The predicted octanol–water partition coefficient (Wildman–Crippen LogP) is 4.04. The summed E-state index contributed by atoms with van der Waals surface area (Å²) in [6.45, 7) is 4.81. The molecule has 0 saturated carbocycles. The Morgan fingerprint density at radius 3 is 2.62 bits per heavy atom. The number of hydrogen-bond donors (Lipinski definition) is 3. The Balaban J connectivity index is 1.26. The van der Waals surface area contributed by atoms with Crippen LogP contribution in [0.1, 0.15) is 29.4 Å².